The molecule has 4 saturated carbocycles. The maximum atomic E-state index is 15.0. The number of carbonyl (C=O) groups excluding carboxylic acids is 2. The highest BCUT2D eigenvalue weighted by Gasteiger charge is 2.71. The van der Waals surface area contributed by atoms with Crippen molar-refractivity contribution >= 4 is 29.7 Å². The van der Waals surface area contributed by atoms with E-state index < -0.39 is 162 Å². The molecule has 2 saturated heterocycles. The Morgan fingerprint density at radius 3 is 1.89 bits per heavy atom. The maximum Gasteiger partial charge on any atom is 0.338 e. The molecule has 2 heterocycles. The molecule has 0 unspecified atom stereocenters. The summed E-state index contributed by atoms with van der Waals surface area (Å²) in [6.07, 6.45) is -29.0. The van der Waals surface area contributed by atoms with Gasteiger partial charge in [0.1, 0.15) is 48.8 Å². The quantitative estimate of drug-likeness (QED) is 0.0702. The number of allylic oxidation sites excluding steroid dienone is 2. The van der Waals surface area contributed by atoms with Crippen molar-refractivity contribution in [3.05, 3.63) is 11.6 Å². The first-order valence-electron chi connectivity index (χ1n) is 24.8. The van der Waals surface area contributed by atoms with Crippen molar-refractivity contribution in [3.63, 3.8) is 0 Å². The van der Waals surface area contributed by atoms with E-state index in [1.54, 1.807) is 6.92 Å². The van der Waals surface area contributed by atoms with Crippen LogP contribution in [0, 0.1) is 50.2 Å². The number of hydrogen-bond donors (Lipinski definition) is 13. The van der Waals surface area contributed by atoms with Crippen molar-refractivity contribution in [1.29, 1.82) is 0 Å². The van der Waals surface area contributed by atoms with Gasteiger partial charge in [0.25, 0.3) is 0 Å². The molecule has 5 aliphatic carbocycles. The smallest absolute Gasteiger partial charge is 0.338 e. The van der Waals surface area contributed by atoms with E-state index in [4.69, 9.17) is 23.7 Å². The minimum absolute atomic E-state index is 0.0388. The number of ether oxygens (including phenoxy) is 5. The Morgan fingerprint density at radius 1 is 0.694 bits per heavy atom. The standard InChI is InChI=1S/C49H74O23/c1-44(2)23-8-11-49(7)37(21(51)16-19-20-17-46(4,43(66)67)13-12-45(20,3)14-15-48(19,49)6)47(23,5)10-9-24(44)68-42-36(72-41-31(59)28(56)29(57)34(70-41)38(61)62)33(32(60)35(71-42)39(63)64)69-40(65)30(58)27(55)26(54)25(53)22(52)18-50/h16,20,22-37,41-42,50,52-60H,8-15,17-18H2,1-7H3,(H,61,62)(H,63,64)(H,66,67)/t20-,22+,23-,24-,25+,26+,27-,28-,29-,30-,31+,32-,33-,34-,35-,36+,37+,41-,42-,45+,46-,47-,48+,49+/m0/s1. The number of aliphatic hydroxyl groups excluding tert-OH is 10. The molecule has 0 radical (unpaired) electrons. The fraction of sp³-hybridized carbons (Fsp3) is 0.857. The Balaban J connectivity index is 1.22. The van der Waals surface area contributed by atoms with Crippen LogP contribution in [0.25, 0.3) is 0 Å². The van der Waals surface area contributed by atoms with Crippen LogP contribution in [0.4, 0.5) is 0 Å². The van der Waals surface area contributed by atoms with E-state index in [2.05, 4.69) is 27.7 Å². The Bertz CT molecular complexity index is 2130. The summed E-state index contributed by atoms with van der Waals surface area (Å²) in [5, 5.41) is 135. The minimum Gasteiger partial charge on any atom is -0.481 e. The zero-order chi connectivity index (χ0) is 53.7. The number of aliphatic hydroxyl groups is 10. The van der Waals surface area contributed by atoms with E-state index in [0.29, 0.717) is 32.1 Å². The molecule has 0 bridgehead atoms. The van der Waals surface area contributed by atoms with Gasteiger partial charge in [-0.2, -0.15) is 0 Å². The van der Waals surface area contributed by atoms with Gasteiger partial charge in [-0.25, -0.2) is 14.4 Å². The van der Waals surface area contributed by atoms with Crippen LogP contribution in [0.3, 0.4) is 0 Å². The molecular weight excluding hydrogens is 957 g/mol. The summed E-state index contributed by atoms with van der Waals surface area (Å²) < 4.78 is 29.1. The van der Waals surface area contributed by atoms with Gasteiger partial charge in [0.05, 0.1) is 18.1 Å². The van der Waals surface area contributed by atoms with Gasteiger partial charge in [-0.15, -0.1) is 0 Å². The molecule has 7 rings (SSSR count). The third-order valence-electron chi connectivity index (χ3n) is 19.3. The molecule has 23 heteroatoms. The summed E-state index contributed by atoms with van der Waals surface area (Å²) in [5.41, 5.74) is -2.68. The van der Waals surface area contributed by atoms with E-state index in [-0.39, 0.29) is 29.5 Å². The van der Waals surface area contributed by atoms with Crippen molar-refractivity contribution in [2.75, 3.05) is 6.61 Å². The monoisotopic (exact) mass is 1030 g/mol. The van der Waals surface area contributed by atoms with Gasteiger partial charge in [0.15, 0.2) is 48.9 Å². The summed E-state index contributed by atoms with van der Waals surface area (Å²) >= 11 is 0. The Hall–Kier alpha value is -3.27. The van der Waals surface area contributed by atoms with Crippen molar-refractivity contribution in [2.24, 2.45) is 50.2 Å². The highest BCUT2D eigenvalue weighted by molar-refractivity contribution is 5.95. The molecule has 72 heavy (non-hydrogen) atoms. The highest BCUT2D eigenvalue weighted by Crippen LogP contribution is 2.75. The summed E-state index contributed by atoms with van der Waals surface area (Å²) in [6.45, 7) is 13.2. The number of rotatable bonds is 14. The third kappa shape index (κ3) is 9.03. The molecule has 0 aromatic carbocycles. The number of carbonyl (C=O) groups is 5. The van der Waals surface area contributed by atoms with Gasteiger partial charge in [0, 0.05) is 5.92 Å². The van der Waals surface area contributed by atoms with Crippen LogP contribution in [0.1, 0.15) is 106 Å². The second-order valence-electron chi connectivity index (χ2n) is 23.7. The van der Waals surface area contributed by atoms with Crippen molar-refractivity contribution in [3.8, 4) is 0 Å². The lowest BCUT2D eigenvalue weighted by molar-refractivity contribution is -0.372. The fourth-order valence-corrected chi connectivity index (χ4v) is 14.6. The fourth-order valence-electron chi connectivity index (χ4n) is 14.6. The van der Waals surface area contributed by atoms with Gasteiger partial charge in [-0.05, 0) is 110 Å². The summed E-state index contributed by atoms with van der Waals surface area (Å²) in [6, 6.07) is 0. The number of fused-ring (bicyclic) bond motifs is 7. The lowest BCUT2D eigenvalue weighted by atomic mass is 9.33. The number of aliphatic carboxylic acids is 3. The van der Waals surface area contributed by atoms with Crippen molar-refractivity contribution in [1.82, 2.24) is 0 Å². The molecule has 6 fully saturated rings. The number of ketones is 1. The average Bonchev–Trinajstić information content (AvgIpc) is 3.31. The van der Waals surface area contributed by atoms with E-state index in [0.717, 1.165) is 24.8 Å². The molecular formula is C49H74O23. The van der Waals surface area contributed by atoms with Crippen LogP contribution in [0.15, 0.2) is 11.6 Å². The van der Waals surface area contributed by atoms with Crippen LogP contribution in [-0.2, 0) is 47.7 Å². The lowest BCUT2D eigenvalue weighted by Crippen LogP contribution is -2.68. The molecule has 2 aliphatic heterocycles. The van der Waals surface area contributed by atoms with E-state index in [1.807, 2.05) is 19.9 Å². The van der Waals surface area contributed by atoms with Crippen LogP contribution >= 0.6 is 0 Å². The second-order valence-corrected chi connectivity index (χ2v) is 23.7. The zero-order valence-corrected chi connectivity index (χ0v) is 41.5. The summed E-state index contributed by atoms with van der Waals surface area (Å²) in [5.74, 6) is -7.33. The van der Waals surface area contributed by atoms with E-state index in [1.165, 1.54) is 0 Å². The van der Waals surface area contributed by atoms with Crippen LogP contribution in [-0.4, -0.2) is 201 Å². The first kappa shape index (κ1) is 56.5. The number of carboxylic acids is 3. The van der Waals surface area contributed by atoms with Gasteiger partial charge < -0.3 is 90.1 Å². The number of carboxylic acid groups (broad SMARTS) is 3. The van der Waals surface area contributed by atoms with Gasteiger partial charge in [0.2, 0.25) is 0 Å². The number of esters is 1. The molecule has 408 valence electrons. The van der Waals surface area contributed by atoms with Crippen LogP contribution < -0.4 is 0 Å². The predicted octanol–water partition coefficient (Wildman–Crippen LogP) is -1.41. The minimum atomic E-state index is -2.82. The molecule has 7 aliphatic rings. The van der Waals surface area contributed by atoms with Gasteiger partial charge in [-0.1, -0.05) is 47.1 Å². The molecule has 24 atom stereocenters. The lowest BCUT2D eigenvalue weighted by Gasteiger charge is -2.70. The third-order valence-corrected chi connectivity index (χ3v) is 19.3. The molecule has 0 aromatic rings. The van der Waals surface area contributed by atoms with E-state index in [9.17, 15) is 85.6 Å². The Kier molecular flexibility index (Phi) is 15.4. The molecule has 0 spiro atoms. The molecule has 13 N–H and O–H groups in total. The van der Waals surface area contributed by atoms with Gasteiger partial charge >= 0.3 is 23.9 Å². The highest BCUT2D eigenvalue weighted by atomic mass is 16.8. The summed E-state index contributed by atoms with van der Waals surface area (Å²) in [4.78, 5) is 66.0. The maximum absolute atomic E-state index is 15.0. The van der Waals surface area contributed by atoms with Crippen LogP contribution in [0.2, 0.25) is 0 Å². The molecule has 0 aromatic heterocycles. The van der Waals surface area contributed by atoms with E-state index >= 15 is 4.79 Å². The normalized spacial score (nSPS) is 46.8. The SMILES string of the molecule is CC1(C)[C@@H](O[C@H]2O[C@H](C(=O)O)[C@@H](O)[C@H](OC(=O)[C@@H](O)[C@@H](O)[C@H](O)[C@H](O)[C@H](O)CO)[C@H]2O[C@@H]2O[C@H](C(=O)O)[C@@H](O)[C@H](O)[C@H]2O)CC[C@]2(C)[C@H]3C(=O)C=C4[C@@H]5C[C@@](C)(C(=O)O)CC[C@]5(C)CC[C@@]4(C)[C@]3(C)CC[C@@H]12. The average molecular weight is 1030 g/mol. The molecule has 0 amide bonds. The summed E-state index contributed by atoms with van der Waals surface area (Å²) in [7, 11) is 0. The van der Waals surface area contributed by atoms with Gasteiger partial charge in [-0.3, -0.25) is 9.59 Å². The topological polar surface area (TPSA) is 394 Å². The van der Waals surface area contributed by atoms with Crippen molar-refractivity contribution < 1.29 is 114 Å². The zero-order valence-electron chi connectivity index (χ0n) is 41.5. The Morgan fingerprint density at radius 2 is 1.29 bits per heavy atom. The first-order chi connectivity index (χ1) is 33.3. The number of hydrogen-bond acceptors (Lipinski definition) is 20. The van der Waals surface area contributed by atoms with Crippen molar-refractivity contribution in [2.45, 2.75) is 204 Å². The molecule has 23 nitrogen and oxygen atoms in total. The largest absolute Gasteiger partial charge is 0.481 e. The first-order valence-corrected chi connectivity index (χ1v) is 24.8. The Labute approximate surface area is 415 Å². The van der Waals surface area contributed by atoms with Crippen LogP contribution in [0.5, 0.6) is 0 Å². The second kappa shape index (κ2) is 19.7. The predicted molar refractivity (Wildman–Crippen MR) is 240 cm³/mol.